The van der Waals surface area contributed by atoms with E-state index in [0.29, 0.717) is 18.8 Å². The third-order valence-electron chi connectivity index (χ3n) is 3.78. The molecule has 0 unspecified atom stereocenters. The summed E-state index contributed by atoms with van der Waals surface area (Å²) in [5, 5.41) is 13.4. The fourth-order valence-corrected chi connectivity index (χ4v) is 2.61. The maximum atomic E-state index is 12.4. The third kappa shape index (κ3) is 4.81. The lowest BCUT2D eigenvalue weighted by atomic mass is 10.3. The summed E-state index contributed by atoms with van der Waals surface area (Å²) in [6.45, 7) is 1.25. The van der Waals surface area contributed by atoms with Crippen molar-refractivity contribution in [2.75, 3.05) is 11.9 Å². The first-order valence-electron chi connectivity index (χ1n) is 8.03. The number of carbonyl (C=O) groups excluding carboxylic acids is 1. The molecule has 2 aromatic heterocycles. The van der Waals surface area contributed by atoms with E-state index >= 15 is 0 Å². The van der Waals surface area contributed by atoms with E-state index in [1.54, 1.807) is 24.7 Å². The molecule has 0 fully saturated rings. The van der Waals surface area contributed by atoms with Gasteiger partial charge in [0.15, 0.2) is 18.1 Å². The highest BCUT2D eigenvalue weighted by Crippen LogP contribution is 2.15. The topological polar surface area (TPSA) is 103 Å². The number of amides is 1. The molecule has 0 aliphatic rings. The van der Waals surface area contributed by atoms with Gasteiger partial charge in [-0.1, -0.05) is 0 Å². The van der Waals surface area contributed by atoms with Crippen LogP contribution in [0.2, 0.25) is 0 Å². The van der Waals surface area contributed by atoms with Crippen LogP contribution in [-0.4, -0.2) is 17.4 Å². The number of rotatable bonds is 8. The third-order valence-corrected chi connectivity index (χ3v) is 3.78. The second kappa shape index (κ2) is 8.13. The van der Waals surface area contributed by atoms with E-state index in [2.05, 4.69) is 5.32 Å². The van der Waals surface area contributed by atoms with E-state index in [9.17, 15) is 14.9 Å². The highest BCUT2D eigenvalue weighted by molar-refractivity contribution is 5.91. The van der Waals surface area contributed by atoms with Crippen molar-refractivity contribution >= 4 is 17.3 Å². The highest BCUT2D eigenvalue weighted by atomic mass is 16.6. The second-order valence-electron chi connectivity index (χ2n) is 5.79. The summed E-state index contributed by atoms with van der Waals surface area (Å²) < 4.78 is 10.7. The maximum absolute atomic E-state index is 12.4. The number of benzene rings is 1. The summed E-state index contributed by atoms with van der Waals surface area (Å²) in [4.78, 5) is 23.5. The zero-order valence-corrected chi connectivity index (χ0v) is 13.9. The van der Waals surface area contributed by atoms with Gasteiger partial charge in [-0.25, -0.2) is 0 Å². The van der Waals surface area contributed by atoms with E-state index in [0.717, 1.165) is 16.4 Å². The first kappa shape index (κ1) is 17.4. The number of nitro benzene ring substituents is 1. The Morgan fingerprint density at radius 1 is 1.00 bits per heavy atom. The number of furan rings is 2. The van der Waals surface area contributed by atoms with E-state index in [4.69, 9.17) is 8.83 Å². The molecule has 0 bridgehead atoms. The van der Waals surface area contributed by atoms with Crippen LogP contribution in [0.15, 0.2) is 69.9 Å². The Labute approximate surface area is 149 Å². The van der Waals surface area contributed by atoms with Crippen molar-refractivity contribution in [1.82, 2.24) is 0 Å². The number of anilines is 1. The average Bonchev–Trinajstić information content (AvgIpc) is 3.29. The van der Waals surface area contributed by atoms with Gasteiger partial charge in [0.25, 0.3) is 11.6 Å². The minimum absolute atomic E-state index is 0.0223. The number of nitrogens with one attached hydrogen (secondary N) is 2. The van der Waals surface area contributed by atoms with Crippen LogP contribution in [0, 0.1) is 10.1 Å². The molecule has 1 aromatic carbocycles. The number of nitro groups is 1. The van der Waals surface area contributed by atoms with Crippen LogP contribution in [0.25, 0.3) is 0 Å². The summed E-state index contributed by atoms with van der Waals surface area (Å²) in [5.74, 6) is 1.34. The molecule has 0 aliphatic carbocycles. The number of non-ortho nitro benzene ring substituents is 1. The minimum Gasteiger partial charge on any atom is -0.463 e. The Bertz CT molecular complexity index is 805. The highest BCUT2D eigenvalue weighted by Gasteiger charge is 2.18. The van der Waals surface area contributed by atoms with Gasteiger partial charge in [0.2, 0.25) is 0 Å². The molecule has 0 saturated carbocycles. The van der Waals surface area contributed by atoms with E-state index in [1.807, 2.05) is 12.1 Å². The Morgan fingerprint density at radius 3 is 2.04 bits per heavy atom. The van der Waals surface area contributed by atoms with Crippen LogP contribution in [-0.2, 0) is 17.9 Å². The molecule has 26 heavy (non-hydrogen) atoms. The molecule has 2 N–H and O–H groups in total. The van der Waals surface area contributed by atoms with E-state index in [1.165, 1.54) is 24.3 Å². The zero-order valence-electron chi connectivity index (χ0n) is 13.9. The van der Waals surface area contributed by atoms with Crippen molar-refractivity contribution in [3.05, 3.63) is 82.7 Å². The van der Waals surface area contributed by atoms with Gasteiger partial charge in [-0.3, -0.25) is 14.9 Å². The molecule has 0 spiro atoms. The van der Waals surface area contributed by atoms with Crippen molar-refractivity contribution in [3.8, 4) is 0 Å². The van der Waals surface area contributed by atoms with E-state index < -0.39 is 4.92 Å². The molecule has 3 rings (SSSR count). The minimum atomic E-state index is -0.482. The average molecular weight is 356 g/mol. The standard InChI is InChI=1S/C18H17N3O5/c22-18(19-14-5-7-15(8-6-14)21(23)24)13-20(11-16-3-1-9-25-16)12-17-4-2-10-26-17/h1-10H,11-13H2,(H,19,22)/p+1. The van der Waals surface area contributed by atoms with Gasteiger partial charge < -0.3 is 19.1 Å². The van der Waals surface area contributed by atoms with Gasteiger partial charge in [0.1, 0.15) is 13.1 Å². The monoisotopic (exact) mass is 356 g/mol. The molecule has 0 radical (unpaired) electrons. The lowest BCUT2D eigenvalue weighted by Gasteiger charge is -2.17. The molecule has 0 aliphatic heterocycles. The van der Waals surface area contributed by atoms with Crippen molar-refractivity contribution in [1.29, 1.82) is 0 Å². The van der Waals surface area contributed by atoms with Crippen molar-refractivity contribution in [2.24, 2.45) is 0 Å². The molecule has 0 atom stereocenters. The van der Waals surface area contributed by atoms with Crippen molar-refractivity contribution < 1.29 is 23.5 Å². The predicted octanol–water partition coefficient (Wildman–Crippen LogP) is 2.00. The summed E-state index contributed by atoms with van der Waals surface area (Å²) >= 11 is 0. The summed E-state index contributed by atoms with van der Waals surface area (Å²) in [6.07, 6.45) is 3.19. The van der Waals surface area contributed by atoms with Crippen molar-refractivity contribution in [3.63, 3.8) is 0 Å². The Kier molecular flexibility index (Phi) is 5.45. The van der Waals surface area contributed by atoms with Gasteiger partial charge in [-0.2, -0.15) is 0 Å². The van der Waals surface area contributed by atoms with Crippen LogP contribution in [0.4, 0.5) is 11.4 Å². The van der Waals surface area contributed by atoms with Gasteiger partial charge in [-0.15, -0.1) is 0 Å². The molecule has 2 heterocycles. The summed E-state index contributed by atoms with van der Waals surface area (Å²) in [7, 11) is 0. The molecule has 0 saturated heterocycles. The van der Waals surface area contributed by atoms with Crippen LogP contribution >= 0.6 is 0 Å². The van der Waals surface area contributed by atoms with Crippen LogP contribution in [0.3, 0.4) is 0 Å². The number of quaternary nitrogens is 1. The molecule has 3 aromatic rings. The molecular weight excluding hydrogens is 338 g/mol. The largest absolute Gasteiger partial charge is 0.463 e. The van der Waals surface area contributed by atoms with Gasteiger partial charge in [0.05, 0.1) is 17.4 Å². The lowest BCUT2D eigenvalue weighted by Crippen LogP contribution is -3.10. The molecule has 1 amide bonds. The zero-order chi connectivity index (χ0) is 18.4. The first-order valence-corrected chi connectivity index (χ1v) is 8.03. The number of nitrogens with zero attached hydrogens (tertiary/aromatic N) is 1. The quantitative estimate of drug-likeness (QED) is 0.475. The molecular formula is C18H18N3O5+. The maximum Gasteiger partial charge on any atom is 0.279 e. The summed E-state index contributed by atoms with van der Waals surface area (Å²) in [6, 6.07) is 13.0. The smallest absolute Gasteiger partial charge is 0.279 e. The number of hydrogen-bond acceptors (Lipinski definition) is 5. The fourth-order valence-electron chi connectivity index (χ4n) is 2.61. The van der Waals surface area contributed by atoms with Gasteiger partial charge in [0, 0.05) is 17.8 Å². The van der Waals surface area contributed by atoms with Crippen LogP contribution < -0.4 is 10.2 Å². The van der Waals surface area contributed by atoms with Crippen LogP contribution in [0.1, 0.15) is 11.5 Å². The van der Waals surface area contributed by atoms with Crippen molar-refractivity contribution in [2.45, 2.75) is 13.1 Å². The summed E-state index contributed by atoms with van der Waals surface area (Å²) in [5.41, 5.74) is 0.488. The Hall–Kier alpha value is -3.39. The number of hydrogen-bond donors (Lipinski definition) is 2. The first-order chi connectivity index (χ1) is 12.6. The van der Waals surface area contributed by atoms with Gasteiger partial charge in [-0.05, 0) is 36.4 Å². The Morgan fingerprint density at radius 2 is 1.58 bits per heavy atom. The van der Waals surface area contributed by atoms with E-state index in [-0.39, 0.29) is 18.1 Å². The second-order valence-corrected chi connectivity index (χ2v) is 5.79. The SMILES string of the molecule is O=C(C[NH+](Cc1ccco1)Cc1ccco1)Nc1ccc([N+](=O)[O-])cc1. The van der Waals surface area contributed by atoms with Gasteiger partial charge >= 0.3 is 0 Å². The lowest BCUT2D eigenvalue weighted by molar-refractivity contribution is -0.921. The molecule has 134 valence electrons. The molecule has 8 nitrogen and oxygen atoms in total. The van der Waals surface area contributed by atoms with Crippen LogP contribution in [0.5, 0.6) is 0 Å². The normalized spacial score (nSPS) is 10.8. The predicted molar refractivity (Wildman–Crippen MR) is 92.4 cm³/mol. The number of carbonyl (C=O) groups is 1. The fraction of sp³-hybridized carbons (Fsp3) is 0.167. The molecule has 8 heteroatoms. The Balaban J connectivity index is 1.63.